The van der Waals surface area contributed by atoms with Crippen LogP contribution in [0.25, 0.3) is 16.3 Å². The number of hydrogen-bond acceptors (Lipinski definition) is 2. The third-order valence-corrected chi connectivity index (χ3v) is 3.26. The van der Waals surface area contributed by atoms with Gasteiger partial charge in [-0.1, -0.05) is 31.2 Å². The maximum atomic E-state index is 4.59. The number of benzene rings is 1. The molecular formula is C12H12NS. The Morgan fingerprint density at radius 2 is 2.36 bits per heavy atom. The van der Waals surface area contributed by atoms with Crippen LogP contribution in [-0.2, 0) is 6.42 Å². The smallest absolute Gasteiger partial charge is 0.0936 e. The second-order valence-corrected chi connectivity index (χ2v) is 4.17. The molecule has 1 aromatic heterocycles. The van der Waals surface area contributed by atoms with Crippen LogP contribution in [0.1, 0.15) is 17.5 Å². The van der Waals surface area contributed by atoms with Crippen molar-refractivity contribution >= 4 is 27.6 Å². The number of para-hydroxylation sites is 1. The van der Waals surface area contributed by atoms with Crippen molar-refractivity contribution < 1.29 is 0 Å². The molecule has 0 atom stereocenters. The van der Waals surface area contributed by atoms with E-state index in [0.29, 0.717) is 0 Å². The molecule has 0 unspecified atom stereocenters. The summed E-state index contributed by atoms with van der Waals surface area (Å²) in [5, 5.41) is 1.20. The van der Waals surface area contributed by atoms with Crippen molar-refractivity contribution in [2.45, 2.75) is 13.3 Å². The molecule has 0 fully saturated rings. The highest BCUT2D eigenvalue weighted by atomic mass is 32.1. The highest BCUT2D eigenvalue weighted by Gasteiger charge is 2.04. The van der Waals surface area contributed by atoms with Gasteiger partial charge in [0, 0.05) is 5.56 Å². The van der Waals surface area contributed by atoms with E-state index >= 15 is 0 Å². The number of allylic oxidation sites excluding steroid dienone is 1. The van der Waals surface area contributed by atoms with Gasteiger partial charge in [-0.2, -0.15) is 0 Å². The maximum absolute atomic E-state index is 4.59. The highest BCUT2D eigenvalue weighted by Crippen LogP contribution is 2.25. The van der Waals surface area contributed by atoms with Crippen LogP contribution in [0.3, 0.4) is 0 Å². The Kier molecular flexibility index (Phi) is 2.64. The Balaban J connectivity index is 2.66. The van der Waals surface area contributed by atoms with Crippen molar-refractivity contribution in [3.8, 4) is 0 Å². The predicted molar refractivity (Wildman–Crippen MR) is 63.4 cm³/mol. The normalized spacial score (nSPS) is 11.6. The fourth-order valence-corrected chi connectivity index (χ4v) is 2.37. The molecule has 0 saturated carbocycles. The lowest BCUT2D eigenvalue weighted by Gasteiger charge is -1.93. The molecule has 0 aliphatic heterocycles. The van der Waals surface area contributed by atoms with Crippen molar-refractivity contribution in [3.05, 3.63) is 41.8 Å². The number of aryl methyl sites for hydroxylation is 1. The Labute approximate surface area is 88.1 Å². The molecule has 0 aliphatic rings. The molecule has 0 saturated heterocycles. The van der Waals surface area contributed by atoms with Crippen molar-refractivity contribution in [3.63, 3.8) is 0 Å². The summed E-state index contributed by atoms with van der Waals surface area (Å²) in [7, 11) is 0. The van der Waals surface area contributed by atoms with E-state index in [1.807, 2.05) is 6.08 Å². The van der Waals surface area contributed by atoms with Crippen LogP contribution < -0.4 is 0 Å². The first-order valence-corrected chi connectivity index (χ1v) is 5.51. The first-order valence-electron chi connectivity index (χ1n) is 4.69. The van der Waals surface area contributed by atoms with E-state index in [-0.39, 0.29) is 0 Å². The minimum atomic E-state index is 1.01. The number of fused-ring (bicyclic) bond motifs is 1. The summed E-state index contributed by atoms with van der Waals surface area (Å²) < 4.78 is 1.26. The van der Waals surface area contributed by atoms with Crippen LogP contribution in [0.4, 0.5) is 0 Å². The van der Waals surface area contributed by atoms with Crippen LogP contribution >= 0.6 is 11.3 Å². The molecule has 2 aromatic rings. The minimum Gasteiger partial charge on any atom is -0.241 e. The van der Waals surface area contributed by atoms with Gasteiger partial charge in [0.2, 0.25) is 0 Å². The molecular weight excluding hydrogens is 190 g/mol. The molecule has 71 valence electrons. The Hall–Kier alpha value is -1.15. The summed E-state index contributed by atoms with van der Waals surface area (Å²) in [6.45, 7) is 5.84. The molecule has 0 bridgehead atoms. The molecule has 1 heterocycles. The van der Waals surface area contributed by atoms with Crippen LogP contribution in [0.5, 0.6) is 0 Å². The average molecular weight is 202 g/mol. The third kappa shape index (κ3) is 1.58. The van der Waals surface area contributed by atoms with Gasteiger partial charge in [-0.05, 0) is 19.4 Å². The minimum absolute atomic E-state index is 1.01. The molecule has 14 heavy (non-hydrogen) atoms. The van der Waals surface area contributed by atoms with Gasteiger partial charge in [-0.3, -0.25) is 0 Å². The topological polar surface area (TPSA) is 12.9 Å². The van der Waals surface area contributed by atoms with Crippen LogP contribution in [0.15, 0.2) is 24.3 Å². The summed E-state index contributed by atoms with van der Waals surface area (Å²) in [6, 6.07) is 6.26. The van der Waals surface area contributed by atoms with Crippen LogP contribution in [-0.4, -0.2) is 4.98 Å². The molecule has 1 radical (unpaired) electrons. The Morgan fingerprint density at radius 1 is 1.50 bits per heavy atom. The van der Waals surface area contributed by atoms with Crippen LogP contribution in [0, 0.1) is 6.92 Å². The molecule has 0 amide bonds. The lowest BCUT2D eigenvalue weighted by Crippen LogP contribution is -1.78. The van der Waals surface area contributed by atoms with Gasteiger partial charge >= 0.3 is 0 Å². The second kappa shape index (κ2) is 3.93. The molecule has 2 rings (SSSR count). The number of aromatic nitrogens is 1. The SMILES string of the molecule is [CH2]C=Cc1cccc2sc(CC)nc12. The average Bonchev–Trinajstić information content (AvgIpc) is 2.62. The van der Waals surface area contributed by atoms with Gasteiger partial charge in [0.1, 0.15) is 0 Å². The van der Waals surface area contributed by atoms with E-state index < -0.39 is 0 Å². The summed E-state index contributed by atoms with van der Waals surface area (Å²) >= 11 is 1.77. The van der Waals surface area contributed by atoms with E-state index in [2.05, 4.69) is 37.0 Å². The van der Waals surface area contributed by atoms with Gasteiger partial charge in [0.25, 0.3) is 0 Å². The highest BCUT2D eigenvalue weighted by molar-refractivity contribution is 7.18. The monoisotopic (exact) mass is 202 g/mol. The zero-order valence-electron chi connectivity index (χ0n) is 8.16. The number of hydrogen-bond donors (Lipinski definition) is 0. The Morgan fingerprint density at radius 3 is 3.07 bits per heavy atom. The van der Waals surface area contributed by atoms with Gasteiger partial charge < -0.3 is 0 Å². The number of nitrogens with zero attached hydrogens (tertiary/aromatic N) is 1. The molecule has 0 N–H and O–H groups in total. The lowest BCUT2D eigenvalue weighted by molar-refractivity contribution is 1.11. The van der Waals surface area contributed by atoms with E-state index in [0.717, 1.165) is 17.5 Å². The maximum Gasteiger partial charge on any atom is 0.0936 e. The van der Waals surface area contributed by atoms with Crippen molar-refractivity contribution in [1.29, 1.82) is 0 Å². The van der Waals surface area contributed by atoms with E-state index in [1.165, 1.54) is 9.71 Å². The van der Waals surface area contributed by atoms with E-state index in [1.54, 1.807) is 17.4 Å². The van der Waals surface area contributed by atoms with Crippen LogP contribution in [0.2, 0.25) is 0 Å². The summed E-state index contributed by atoms with van der Waals surface area (Å²) in [5.41, 5.74) is 2.27. The Bertz CT molecular complexity index is 468. The van der Waals surface area contributed by atoms with Gasteiger partial charge in [-0.15, -0.1) is 11.3 Å². The first-order chi connectivity index (χ1) is 6.85. The van der Waals surface area contributed by atoms with Gasteiger partial charge in [0.15, 0.2) is 0 Å². The molecule has 1 nitrogen and oxygen atoms in total. The molecule has 2 heteroatoms. The quantitative estimate of drug-likeness (QED) is 0.723. The zero-order chi connectivity index (χ0) is 9.97. The molecule has 0 spiro atoms. The van der Waals surface area contributed by atoms with Gasteiger partial charge in [-0.25, -0.2) is 4.98 Å². The summed E-state index contributed by atoms with van der Waals surface area (Å²) in [4.78, 5) is 4.59. The fourth-order valence-electron chi connectivity index (χ4n) is 1.43. The van der Waals surface area contributed by atoms with Crippen molar-refractivity contribution in [2.75, 3.05) is 0 Å². The van der Waals surface area contributed by atoms with E-state index in [9.17, 15) is 0 Å². The third-order valence-electron chi connectivity index (χ3n) is 2.09. The number of thiazole rings is 1. The zero-order valence-corrected chi connectivity index (χ0v) is 8.97. The fraction of sp³-hybridized carbons (Fsp3) is 0.167. The molecule has 1 aromatic carbocycles. The van der Waals surface area contributed by atoms with E-state index in [4.69, 9.17) is 0 Å². The van der Waals surface area contributed by atoms with Crippen molar-refractivity contribution in [1.82, 2.24) is 4.98 Å². The summed E-state index contributed by atoms with van der Waals surface area (Å²) in [6.07, 6.45) is 4.81. The number of rotatable bonds is 2. The van der Waals surface area contributed by atoms with Crippen molar-refractivity contribution in [2.24, 2.45) is 0 Å². The largest absolute Gasteiger partial charge is 0.241 e. The van der Waals surface area contributed by atoms with Gasteiger partial charge in [0.05, 0.1) is 15.2 Å². The predicted octanol–water partition coefficient (Wildman–Crippen LogP) is 3.71. The molecule has 0 aliphatic carbocycles. The summed E-state index contributed by atoms with van der Waals surface area (Å²) in [5.74, 6) is 0. The standard InChI is InChI=1S/C12H12NS/c1-3-6-9-7-5-8-10-12(9)13-11(4-2)14-10/h3,5-8H,1,4H2,2H3. The second-order valence-electron chi connectivity index (χ2n) is 3.06. The lowest BCUT2D eigenvalue weighted by atomic mass is 10.2. The first kappa shape index (κ1) is 9.41.